The average molecular weight is 456 g/mol. The number of aliphatic hydroxyl groups is 1. The van der Waals surface area contributed by atoms with E-state index in [4.69, 9.17) is 23.2 Å². The van der Waals surface area contributed by atoms with Crippen molar-refractivity contribution in [1.29, 1.82) is 0 Å². The van der Waals surface area contributed by atoms with Crippen molar-refractivity contribution in [3.05, 3.63) is 44.8 Å². The Morgan fingerprint density at radius 2 is 1.97 bits per heavy atom. The van der Waals surface area contributed by atoms with Crippen LogP contribution in [0.5, 0.6) is 0 Å². The predicted molar refractivity (Wildman–Crippen MR) is 121 cm³/mol. The molecule has 0 bridgehead atoms. The fraction of sp³-hybridized carbons (Fsp3) is 0.476. The first-order chi connectivity index (χ1) is 13.8. The van der Waals surface area contributed by atoms with Gasteiger partial charge in [-0.1, -0.05) is 35.3 Å². The molecule has 0 spiro atoms. The highest BCUT2D eigenvalue weighted by molar-refractivity contribution is 7.15. The summed E-state index contributed by atoms with van der Waals surface area (Å²) in [6, 6.07) is 7.50. The lowest BCUT2D eigenvalue weighted by molar-refractivity contribution is 0.146. The Morgan fingerprint density at radius 1 is 1.28 bits per heavy atom. The fourth-order valence-corrected chi connectivity index (χ4v) is 5.17. The Morgan fingerprint density at radius 3 is 2.59 bits per heavy atom. The van der Waals surface area contributed by atoms with Crippen molar-refractivity contribution in [2.75, 3.05) is 27.2 Å². The first-order valence-electron chi connectivity index (χ1n) is 9.71. The molecule has 0 saturated carbocycles. The molecule has 8 heteroatoms. The molecule has 1 aliphatic rings. The lowest BCUT2D eigenvalue weighted by Gasteiger charge is -2.35. The van der Waals surface area contributed by atoms with Crippen LogP contribution in [0.2, 0.25) is 10.0 Å². The molecule has 5 nitrogen and oxygen atoms in total. The molecule has 0 aliphatic carbocycles. The maximum atomic E-state index is 12.7. The fourth-order valence-electron chi connectivity index (χ4n) is 3.61. The Hall–Kier alpha value is -1.31. The summed E-state index contributed by atoms with van der Waals surface area (Å²) in [5.41, 5.74) is 1.61. The number of nitrogens with one attached hydrogen (secondary N) is 1. The van der Waals surface area contributed by atoms with Crippen molar-refractivity contribution in [1.82, 2.24) is 15.1 Å². The van der Waals surface area contributed by atoms with Gasteiger partial charge in [0.05, 0.1) is 22.7 Å². The van der Waals surface area contributed by atoms with E-state index in [0.717, 1.165) is 46.8 Å². The molecule has 2 amide bonds. The zero-order valence-corrected chi connectivity index (χ0v) is 19.2. The van der Waals surface area contributed by atoms with E-state index in [9.17, 15) is 9.90 Å². The summed E-state index contributed by atoms with van der Waals surface area (Å²) in [5, 5.41) is 13.2. The van der Waals surface area contributed by atoms with Crippen LogP contribution in [0, 0.1) is 0 Å². The van der Waals surface area contributed by atoms with E-state index in [2.05, 4.69) is 17.3 Å². The molecule has 0 radical (unpaired) electrons. The van der Waals surface area contributed by atoms with Gasteiger partial charge in [-0.25, -0.2) is 4.79 Å². The number of nitrogens with zero attached hydrogens (tertiary/aromatic N) is 2. The second kappa shape index (κ2) is 9.67. The highest BCUT2D eigenvalue weighted by Crippen LogP contribution is 2.40. The molecule has 1 aromatic heterocycles. The average Bonchev–Trinajstić information content (AvgIpc) is 3.18. The molecular formula is C21H27Cl2N3O2S. The molecule has 1 aromatic carbocycles. The SMILES string of the molecule is CC(NC(=O)N(C)C1CCN(C)CC1)c1ccc(-c2ccc(CO)s2)c(Cl)c1Cl. The number of likely N-dealkylation sites (tertiary alicyclic amines) is 1. The number of piperidine rings is 1. The van der Waals surface area contributed by atoms with Gasteiger partial charge < -0.3 is 20.2 Å². The van der Waals surface area contributed by atoms with Crippen LogP contribution in [0.25, 0.3) is 10.4 Å². The molecule has 1 unspecified atom stereocenters. The first kappa shape index (κ1) is 22.4. The van der Waals surface area contributed by atoms with E-state index >= 15 is 0 Å². The Labute approximate surface area is 186 Å². The maximum Gasteiger partial charge on any atom is 0.317 e. The van der Waals surface area contributed by atoms with Crippen LogP contribution in [0.15, 0.2) is 24.3 Å². The molecule has 1 fully saturated rings. The highest BCUT2D eigenvalue weighted by Gasteiger charge is 2.25. The smallest absolute Gasteiger partial charge is 0.317 e. The number of carbonyl (C=O) groups excluding carboxylic acids is 1. The normalized spacial score (nSPS) is 16.6. The number of hydrogen-bond donors (Lipinski definition) is 2. The van der Waals surface area contributed by atoms with Gasteiger partial charge in [-0.3, -0.25) is 0 Å². The number of rotatable bonds is 5. The third-order valence-electron chi connectivity index (χ3n) is 5.56. The molecule has 2 aromatic rings. The number of thiophene rings is 1. The monoisotopic (exact) mass is 455 g/mol. The quantitative estimate of drug-likeness (QED) is 0.665. The summed E-state index contributed by atoms with van der Waals surface area (Å²) < 4.78 is 0. The second-order valence-electron chi connectivity index (χ2n) is 7.57. The number of carbonyl (C=O) groups is 1. The minimum atomic E-state index is -0.272. The molecule has 3 rings (SSSR count). The van der Waals surface area contributed by atoms with Gasteiger partial charge in [0.25, 0.3) is 0 Å². The largest absolute Gasteiger partial charge is 0.391 e. The molecular weight excluding hydrogens is 429 g/mol. The lowest BCUT2D eigenvalue weighted by Crippen LogP contribution is -2.48. The van der Waals surface area contributed by atoms with Gasteiger partial charge in [-0.2, -0.15) is 0 Å². The molecule has 1 saturated heterocycles. The van der Waals surface area contributed by atoms with Gasteiger partial charge in [0, 0.05) is 28.4 Å². The number of hydrogen-bond acceptors (Lipinski definition) is 4. The van der Waals surface area contributed by atoms with E-state index < -0.39 is 0 Å². The lowest BCUT2D eigenvalue weighted by atomic mass is 10.0. The predicted octanol–water partition coefficient (Wildman–Crippen LogP) is 5.01. The zero-order chi connectivity index (χ0) is 21.1. The van der Waals surface area contributed by atoms with Crippen LogP contribution in [0.3, 0.4) is 0 Å². The van der Waals surface area contributed by atoms with Crippen LogP contribution in [-0.2, 0) is 6.61 Å². The highest BCUT2D eigenvalue weighted by atomic mass is 35.5. The summed E-state index contributed by atoms with van der Waals surface area (Å²) in [5.74, 6) is 0. The Balaban J connectivity index is 1.71. The zero-order valence-electron chi connectivity index (χ0n) is 16.9. The summed E-state index contributed by atoms with van der Waals surface area (Å²) in [7, 11) is 3.96. The van der Waals surface area contributed by atoms with Gasteiger partial charge in [-0.15, -0.1) is 11.3 Å². The molecule has 2 N–H and O–H groups in total. The summed E-state index contributed by atoms with van der Waals surface area (Å²) in [6.45, 7) is 3.91. The Bertz CT molecular complexity index is 866. The van der Waals surface area contributed by atoms with Gasteiger partial charge >= 0.3 is 6.03 Å². The third kappa shape index (κ3) is 5.06. The second-order valence-corrected chi connectivity index (χ2v) is 9.50. The van der Waals surface area contributed by atoms with Gasteiger partial charge in [0.1, 0.15) is 0 Å². The number of amides is 2. The number of aliphatic hydroxyl groups excluding tert-OH is 1. The van der Waals surface area contributed by atoms with Gasteiger partial charge in [-0.05, 0) is 57.6 Å². The molecule has 158 valence electrons. The molecule has 1 aliphatic heterocycles. The topological polar surface area (TPSA) is 55.8 Å². The standard InChI is InChI=1S/C21H27Cl2N3O2S/c1-13(24-21(28)26(3)14-8-10-25(2)11-9-14)16-5-6-17(20(23)19(16)22)18-7-4-15(12-27)29-18/h4-7,13-14,27H,8-12H2,1-3H3,(H,24,28). The van der Waals surface area contributed by atoms with Crippen molar-refractivity contribution in [3.63, 3.8) is 0 Å². The summed E-state index contributed by atoms with van der Waals surface area (Å²) in [6.07, 6.45) is 1.96. The van der Waals surface area contributed by atoms with Crippen LogP contribution >= 0.6 is 34.5 Å². The van der Waals surface area contributed by atoms with Crippen molar-refractivity contribution < 1.29 is 9.90 Å². The van der Waals surface area contributed by atoms with Crippen molar-refractivity contribution in [2.24, 2.45) is 0 Å². The number of urea groups is 1. The van der Waals surface area contributed by atoms with Crippen LogP contribution in [0.4, 0.5) is 4.79 Å². The van der Waals surface area contributed by atoms with E-state index in [1.165, 1.54) is 11.3 Å². The number of halogens is 2. The van der Waals surface area contributed by atoms with Crippen molar-refractivity contribution in [3.8, 4) is 10.4 Å². The van der Waals surface area contributed by atoms with Gasteiger partial charge in [0.2, 0.25) is 0 Å². The Kier molecular flexibility index (Phi) is 7.46. The first-order valence-corrected chi connectivity index (χ1v) is 11.3. The summed E-state index contributed by atoms with van der Waals surface area (Å²) in [4.78, 5) is 18.6. The molecule has 29 heavy (non-hydrogen) atoms. The van der Waals surface area contributed by atoms with E-state index in [-0.39, 0.29) is 24.7 Å². The van der Waals surface area contributed by atoms with E-state index in [0.29, 0.717) is 10.0 Å². The molecule has 2 heterocycles. The van der Waals surface area contributed by atoms with Crippen LogP contribution in [-0.4, -0.2) is 54.2 Å². The maximum absolute atomic E-state index is 12.7. The minimum Gasteiger partial charge on any atom is -0.391 e. The minimum absolute atomic E-state index is 0.00195. The summed E-state index contributed by atoms with van der Waals surface area (Å²) >= 11 is 14.6. The van der Waals surface area contributed by atoms with E-state index in [1.54, 1.807) is 4.90 Å². The van der Waals surface area contributed by atoms with Crippen LogP contribution in [0.1, 0.15) is 36.2 Å². The van der Waals surface area contributed by atoms with Crippen LogP contribution < -0.4 is 5.32 Å². The third-order valence-corrected chi connectivity index (χ3v) is 7.56. The molecule has 1 atom stereocenters. The van der Waals surface area contributed by atoms with Gasteiger partial charge in [0.15, 0.2) is 0 Å². The van der Waals surface area contributed by atoms with E-state index in [1.807, 2.05) is 38.2 Å². The number of benzene rings is 1. The van der Waals surface area contributed by atoms with Crippen molar-refractivity contribution in [2.45, 2.75) is 38.5 Å². The van der Waals surface area contributed by atoms with Crippen molar-refractivity contribution >= 4 is 40.6 Å².